The van der Waals surface area contributed by atoms with E-state index in [2.05, 4.69) is 31.1 Å². The van der Waals surface area contributed by atoms with Crippen LogP contribution in [0.5, 0.6) is 0 Å². The van der Waals surface area contributed by atoms with Crippen molar-refractivity contribution in [1.82, 2.24) is 10.2 Å². The van der Waals surface area contributed by atoms with E-state index >= 15 is 0 Å². The average molecular weight is 270 g/mol. The van der Waals surface area contributed by atoms with E-state index in [1.807, 2.05) is 0 Å². The fraction of sp³-hybridized carbons (Fsp3) is 1.00. The molecular weight excluding hydrogens is 240 g/mol. The van der Waals surface area contributed by atoms with E-state index in [4.69, 9.17) is 4.74 Å². The molecule has 0 amide bonds. The van der Waals surface area contributed by atoms with Crippen LogP contribution < -0.4 is 5.32 Å². The van der Waals surface area contributed by atoms with Gasteiger partial charge in [-0.3, -0.25) is 4.90 Å². The van der Waals surface area contributed by atoms with Gasteiger partial charge >= 0.3 is 0 Å². The molecule has 2 rings (SSSR count). The van der Waals surface area contributed by atoms with Gasteiger partial charge in [0.25, 0.3) is 0 Å². The zero-order chi connectivity index (χ0) is 13.9. The van der Waals surface area contributed by atoms with Gasteiger partial charge in [0, 0.05) is 19.1 Å². The topological polar surface area (TPSA) is 44.7 Å². The number of hydrogen-bond donors (Lipinski definition) is 2. The lowest BCUT2D eigenvalue weighted by atomic mass is 9.69. The molecule has 0 radical (unpaired) electrons. The van der Waals surface area contributed by atoms with Crippen molar-refractivity contribution in [2.75, 3.05) is 40.0 Å². The van der Waals surface area contributed by atoms with Crippen LogP contribution in [0.25, 0.3) is 0 Å². The van der Waals surface area contributed by atoms with Crippen LogP contribution in [0.3, 0.4) is 0 Å². The second-order valence-corrected chi connectivity index (χ2v) is 6.97. The Morgan fingerprint density at radius 2 is 2.21 bits per heavy atom. The lowest BCUT2D eigenvalue weighted by Gasteiger charge is -2.44. The first kappa shape index (κ1) is 15.2. The van der Waals surface area contributed by atoms with Crippen LogP contribution in [0.1, 0.15) is 33.1 Å². The third-order valence-electron chi connectivity index (χ3n) is 4.92. The van der Waals surface area contributed by atoms with Crippen LogP contribution in [-0.2, 0) is 4.74 Å². The van der Waals surface area contributed by atoms with Crippen LogP contribution in [0, 0.1) is 11.3 Å². The van der Waals surface area contributed by atoms with Crippen molar-refractivity contribution in [2.45, 2.75) is 45.2 Å². The summed E-state index contributed by atoms with van der Waals surface area (Å²) < 4.78 is 5.47. The molecule has 1 aliphatic carbocycles. The van der Waals surface area contributed by atoms with Crippen LogP contribution >= 0.6 is 0 Å². The number of morpholine rings is 1. The highest BCUT2D eigenvalue weighted by atomic mass is 16.5. The number of nitrogens with zero attached hydrogens (tertiary/aromatic N) is 1. The lowest BCUT2D eigenvalue weighted by molar-refractivity contribution is -0.0415. The second-order valence-electron chi connectivity index (χ2n) is 6.97. The minimum Gasteiger partial charge on any atom is -0.395 e. The molecule has 3 atom stereocenters. The highest BCUT2D eigenvalue weighted by molar-refractivity contribution is 4.91. The van der Waals surface area contributed by atoms with Gasteiger partial charge in [0.1, 0.15) is 0 Å². The van der Waals surface area contributed by atoms with E-state index in [9.17, 15) is 5.11 Å². The number of aliphatic hydroxyl groups is 1. The summed E-state index contributed by atoms with van der Waals surface area (Å²) in [5.74, 6) is 0.681. The van der Waals surface area contributed by atoms with Gasteiger partial charge in [-0.15, -0.1) is 0 Å². The molecule has 112 valence electrons. The maximum atomic E-state index is 9.48. The monoisotopic (exact) mass is 270 g/mol. The number of aliphatic hydroxyl groups excluding tert-OH is 1. The molecule has 3 unspecified atom stereocenters. The van der Waals surface area contributed by atoms with Gasteiger partial charge in [-0.05, 0) is 37.6 Å². The molecule has 2 N–H and O–H groups in total. The number of rotatable bonds is 4. The minimum atomic E-state index is 0.191. The summed E-state index contributed by atoms with van der Waals surface area (Å²) in [6.45, 7) is 8.50. The van der Waals surface area contributed by atoms with Gasteiger partial charge in [-0.25, -0.2) is 0 Å². The van der Waals surface area contributed by atoms with Crippen LogP contribution in [0.2, 0.25) is 0 Å². The molecule has 19 heavy (non-hydrogen) atoms. The minimum absolute atomic E-state index is 0.191. The summed E-state index contributed by atoms with van der Waals surface area (Å²) in [6.07, 6.45) is 3.85. The Hall–Kier alpha value is -0.160. The van der Waals surface area contributed by atoms with Crippen LogP contribution in [0.4, 0.5) is 0 Å². The first-order valence-electron chi connectivity index (χ1n) is 7.65. The van der Waals surface area contributed by atoms with Crippen molar-refractivity contribution in [3.8, 4) is 0 Å². The Balaban J connectivity index is 1.97. The summed E-state index contributed by atoms with van der Waals surface area (Å²) in [6, 6.07) is 0.812. The molecule has 0 spiro atoms. The Morgan fingerprint density at radius 1 is 1.42 bits per heavy atom. The Labute approximate surface area is 117 Å². The predicted octanol–water partition coefficient (Wildman–Crippen LogP) is 1.09. The van der Waals surface area contributed by atoms with E-state index in [0.29, 0.717) is 24.0 Å². The largest absolute Gasteiger partial charge is 0.395 e. The van der Waals surface area contributed by atoms with Crippen molar-refractivity contribution in [2.24, 2.45) is 11.3 Å². The molecule has 0 aromatic carbocycles. The van der Waals surface area contributed by atoms with Crippen molar-refractivity contribution in [1.29, 1.82) is 0 Å². The van der Waals surface area contributed by atoms with E-state index in [-0.39, 0.29) is 12.6 Å². The smallest absolute Gasteiger partial charge is 0.0644 e. The molecule has 4 nitrogen and oxygen atoms in total. The highest BCUT2D eigenvalue weighted by Crippen LogP contribution is 2.39. The summed E-state index contributed by atoms with van der Waals surface area (Å²) in [5.41, 5.74) is 0.457. The quantitative estimate of drug-likeness (QED) is 0.803. The van der Waals surface area contributed by atoms with Crippen LogP contribution in [0.15, 0.2) is 0 Å². The molecule has 1 heterocycles. The van der Waals surface area contributed by atoms with E-state index in [1.165, 1.54) is 19.3 Å². The number of hydrogen-bond acceptors (Lipinski definition) is 4. The Bertz CT molecular complexity index is 283. The molecule has 4 heteroatoms. The Morgan fingerprint density at radius 3 is 2.89 bits per heavy atom. The zero-order valence-corrected chi connectivity index (χ0v) is 12.7. The van der Waals surface area contributed by atoms with Gasteiger partial charge in [0.15, 0.2) is 0 Å². The molecule has 0 bridgehead atoms. The third-order valence-corrected chi connectivity index (χ3v) is 4.92. The summed E-state index contributed by atoms with van der Waals surface area (Å²) in [4.78, 5) is 2.43. The van der Waals surface area contributed by atoms with Gasteiger partial charge in [0.2, 0.25) is 0 Å². The number of ether oxygens (including phenoxy) is 1. The number of nitrogens with one attached hydrogen (secondary N) is 1. The fourth-order valence-electron chi connectivity index (χ4n) is 3.71. The molecule has 0 aromatic heterocycles. The maximum absolute atomic E-state index is 9.48. The maximum Gasteiger partial charge on any atom is 0.0644 e. The van der Waals surface area contributed by atoms with Crippen molar-refractivity contribution >= 4 is 0 Å². The van der Waals surface area contributed by atoms with Gasteiger partial charge in [0.05, 0.1) is 25.9 Å². The fourth-order valence-corrected chi connectivity index (χ4v) is 3.71. The summed E-state index contributed by atoms with van der Waals surface area (Å²) in [5, 5.41) is 13.0. The van der Waals surface area contributed by atoms with E-state index in [1.54, 1.807) is 0 Å². The third kappa shape index (κ3) is 3.91. The predicted molar refractivity (Wildman–Crippen MR) is 77.2 cm³/mol. The lowest BCUT2D eigenvalue weighted by Crippen LogP contribution is -2.53. The molecule has 0 aromatic rings. The van der Waals surface area contributed by atoms with Gasteiger partial charge < -0.3 is 15.2 Å². The van der Waals surface area contributed by atoms with Gasteiger partial charge in [-0.1, -0.05) is 13.8 Å². The molecular formula is C15H30N2O2. The van der Waals surface area contributed by atoms with Gasteiger partial charge in [-0.2, -0.15) is 0 Å². The van der Waals surface area contributed by atoms with Crippen molar-refractivity contribution < 1.29 is 9.84 Å². The molecule has 1 aliphatic heterocycles. The average Bonchev–Trinajstić information content (AvgIpc) is 2.39. The zero-order valence-electron chi connectivity index (χ0n) is 12.7. The first-order chi connectivity index (χ1) is 9.05. The molecule has 2 aliphatic rings. The standard InChI is InChI=1S/C15H30N2O2/c1-15(2)5-4-14(16-3)12(8-15)9-17-6-7-19-11-13(17)10-18/h12-14,16,18H,4-11H2,1-3H3. The highest BCUT2D eigenvalue weighted by Gasteiger charge is 2.36. The molecule has 1 saturated heterocycles. The molecule has 1 saturated carbocycles. The Kier molecular flexibility index (Phi) is 5.23. The van der Waals surface area contributed by atoms with Crippen LogP contribution in [-0.4, -0.2) is 62.0 Å². The summed E-state index contributed by atoms with van der Waals surface area (Å²) >= 11 is 0. The van der Waals surface area contributed by atoms with E-state index in [0.717, 1.165) is 19.7 Å². The molecule has 2 fully saturated rings. The van der Waals surface area contributed by atoms with E-state index < -0.39 is 0 Å². The second kappa shape index (κ2) is 6.53. The van der Waals surface area contributed by atoms with Crippen molar-refractivity contribution in [3.05, 3.63) is 0 Å². The normalized spacial score (nSPS) is 36.3. The first-order valence-corrected chi connectivity index (χ1v) is 7.65. The van der Waals surface area contributed by atoms with Crippen molar-refractivity contribution in [3.63, 3.8) is 0 Å². The summed E-state index contributed by atoms with van der Waals surface area (Å²) in [7, 11) is 2.08. The SMILES string of the molecule is CNC1CCC(C)(C)CC1CN1CCOCC1CO.